The van der Waals surface area contributed by atoms with E-state index in [0.29, 0.717) is 17.7 Å². The Morgan fingerprint density at radius 1 is 1.33 bits per heavy atom. The zero-order valence-corrected chi connectivity index (χ0v) is 11.8. The minimum atomic E-state index is -0.0973. The molecule has 110 valence electrons. The lowest BCUT2D eigenvalue weighted by molar-refractivity contribution is -0.115. The van der Waals surface area contributed by atoms with Gasteiger partial charge in [-0.25, -0.2) is 0 Å². The van der Waals surface area contributed by atoms with Gasteiger partial charge in [0.1, 0.15) is 17.2 Å². The van der Waals surface area contributed by atoms with Gasteiger partial charge in [0.2, 0.25) is 0 Å². The first-order valence-electron chi connectivity index (χ1n) is 6.79. The number of benzene rings is 1. The fraction of sp³-hybridized carbons (Fsp3) is 0.312. The van der Waals surface area contributed by atoms with Crippen LogP contribution in [0.1, 0.15) is 24.8 Å². The number of nitrogens with zero attached hydrogens (tertiary/aromatic N) is 1. The van der Waals surface area contributed by atoms with Crippen molar-refractivity contribution in [3.63, 3.8) is 0 Å². The molecule has 0 aliphatic heterocycles. The van der Waals surface area contributed by atoms with Crippen molar-refractivity contribution in [2.75, 3.05) is 7.11 Å². The van der Waals surface area contributed by atoms with Crippen LogP contribution in [0.2, 0.25) is 0 Å². The Morgan fingerprint density at radius 3 is 2.76 bits per heavy atom. The number of ketones is 1. The smallest absolute Gasteiger partial charge is 0.166 e. The van der Waals surface area contributed by atoms with E-state index in [1.54, 1.807) is 30.4 Å². The van der Waals surface area contributed by atoms with Gasteiger partial charge in [0.15, 0.2) is 5.78 Å². The summed E-state index contributed by atoms with van der Waals surface area (Å²) in [5, 5.41) is 12.6. The van der Waals surface area contributed by atoms with Gasteiger partial charge in [0.05, 0.1) is 12.7 Å². The maximum Gasteiger partial charge on any atom is 0.166 e. The van der Waals surface area contributed by atoms with Crippen LogP contribution in [-0.4, -0.2) is 18.0 Å². The van der Waals surface area contributed by atoms with Crippen LogP contribution in [0.15, 0.2) is 46.9 Å². The molecule has 2 rings (SSSR count). The van der Waals surface area contributed by atoms with Gasteiger partial charge in [0, 0.05) is 6.42 Å². The summed E-state index contributed by atoms with van der Waals surface area (Å²) in [5.74, 6) is 0.381. The lowest BCUT2D eigenvalue weighted by Gasteiger charge is -2.10. The topological polar surface area (TPSA) is 76.0 Å². The molecule has 0 bridgehead atoms. The van der Waals surface area contributed by atoms with Gasteiger partial charge in [-0.05, 0) is 48.2 Å². The number of nitroso groups, excluding NO2 is 1. The molecule has 0 aromatic heterocycles. The largest absolute Gasteiger partial charge is 0.508 e. The average Bonchev–Trinajstić information content (AvgIpc) is 2.52. The van der Waals surface area contributed by atoms with Crippen LogP contribution in [0.3, 0.4) is 0 Å². The zero-order chi connectivity index (χ0) is 15.2. The third-order valence-corrected chi connectivity index (χ3v) is 3.41. The quantitative estimate of drug-likeness (QED) is 0.808. The monoisotopic (exact) mass is 287 g/mol. The maximum atomic E-state index is 12.1. The van der Waals surface area contributed by atoms with Crippen molar-refractivity contribution in [2.45, 2.75) is 25.7 Å². The standard InChI is InChI=1S/C16H17NO4/c1-21-16-9-7-11(10-13(16)17-20)6-8-15(19)12-4-2-3-5-14(12)18/h4-5,7,9-10,18H,2-3,6,8H2,1H3. The molecular weight excluding hydrogens is 270 g/mol. The summed E-state index contributed by atoms with van der Waals surface area (Å²) >= 11 is 0. The van der Waals surface area contributed by atoms with Gasteiger partial charge >= 0.3 is 0 Å². The molecule has 21 heavy (non-hydrogen) atoms. The number of methoxy groups -OCH3 is 1. The van der Waals surface area contributed by atoms with E-state index in [1.165, 1.54) is 7.11 Å². The molecule has 5 heteroatoms. The summed E-state index contributed by atoms with van der Waals surface area (Å²) in [6.45, 7) is 0. The van der Waals surface area contributed by atoms with E-state index in [0.717, 1.165) is 18.4 Å². The number of hydrogen-bond acceptors (Lipinski definition) is 5. The highest BCUT2D eigenvalue weighted by molar-refractivity contribution is 5.99. The molecule has 1 aromatic rings. The lowest BCUT2D eigenvalue weighted by Crippen LogP contribution is -2.08. The Bertz CT molecular complexity index is 617. The van der Waals surface area contributed by atoms with Crippen molar-refractivity contribution in [3.8, 4) is 5.75 Å². The van der Waals surface area contributed by atoms with Gasteiger partial charge < -0.3 is 9.84 Å². The Balaban J connectivity index is 2.03. The minimum absolute atomic E-state index is 0.0660. The highest BCUT2D eigenvalue weighted by atomic mass is 16.5. The number of hydrogen-bond donors (Lipinski definition) is 1. The van der Waals surface area contributed by atoms with Crippen LogP contribution >= 0.6 is 0 Å². The lowest BCUT2D eigenvalue weighted by atomic mass is 9.97. The third kappa shape index (κ3) is 3.56. The van der Waals surface area contributed by atoms with Gasteiger partial charge in [-0.1, -0.05) is 12.1 Å². The summed E-state index contributed by atoms with van der Waals surface area (Å²) in [7, 11) is 1.47. The highest BCUT2D eigenvalue weighted by Crippen LogP contribution is 2.28. The first-order chi connectivity index (χ1) is 10.2. The van der Waals surface area contributed by atoms with Crippen LogP contribution in [0, 0.1) is 4.91 Å². The molecule has 0 unspecified atom stereocenters. The van der Waals surface area contributed by atoms with E-state index < -0.39 is 0 Å². The second kappa shape index (κ2) is 6.83. The number of Topliss-reactive ketones (excluding diaryl/α,β-unsaturated/α-hetero) is 1. The first kappa shape index (κ1) is 15.0. The number of carbonyl (C=O) groups is 1. The molecule has 5 nitrogen and oxygen atoms in total. The number of rotatable bonds is 6. The van der Waals surface area contributed by atoms with Crippen molar-refractivity contribution < 1.29 is 14.6 Å². The normalized spacial score (nSPS) is 14.1. The maximum absolute atomic E-state index is 12.1. The average molecular weight is 287 g/mol. The van der Waals surface area contributed by atoms with Crippen LogP contribution < -0.4 is 4.74 Å². The number of ether oxygens (including phenoxy) is 1. The number of aliphatic hydroxyl groups is 1. The van der Waals surface area contributed by atoms with E-state index >= 15 is 0 Å². The molecule has 1 aliphatic rings. The van der Waals surface area contributed by atoms with E-state index in [9.17, 15) is 14.8 Å². The molecule has 0 saturated carbocycles. The summed E-state index contributed by atoms with van der Waals surface area (Å²) < 4.78 is 5.02. The van der Waals surface area contributed by atoms with E-state index in [-0.39, 0.29) is 23.7 Å². The SMILES string of the molecule is COc1ccc(CCC(=O)C2=CCCC=C2O)cc1N=O. The number of carbonyl (C=O) groups excluding carboxylic acids is 1. The van der Waals surface area contributed by atoms with Gasteiger partial charge in [-0.15, -0.1) is 4.91 Å². The Hall–Kier alpha value is -2.43. The highest BCUT2D eigenvalue weighted by Gasteiger charge is 2.16. The third-order valence-electron chi connectivity index (χ3n) is 3.41. The molecule has 0 radical (unpaired) electrons. The summed E-state index contributed by atoms with van der Waals surface area (Å²) in [4.78, 5) is 22.8. The molecule has 0 amide bonds. The number of allylic oxidation sites excluding steroid dienone is 3. The molecule has 0 atom stereocenters. The van der Waals surface area contributed by atoms with Crippen molar-refractivity contribution in [1.82, 2.24) is 0 Å². The summed E-state index contributed by atoms with van der Waals surface area (Å²) in [6.07, 6.45) is 5.71. The van der Waals surface area contributed by atoms with Crippen LogP contribution in [0.5, 0.6) is 5.75 Å². The van der Waals surface area contributed by atoms with Crippen LogP contribution in [0.4, 0.5) is 5.69 Å². The van der Waals surface area contributed by atoms with Crippen molar-refractivity contribution >= 4 is 11.5 Å². The van der Waals surface area contributed by atoms with E-state index in [1.807, 2.05) is 0 Å². The first-order valence-corrected chi connectivity index (χ1v) is 6.79. The molecule has 1 aromatic carbocycles. The number of aliphatic hydroxyl groups excluding tert-OH is 1. The van der Waals surface area contributed by atoms with Gasteiger partial charge in [0.25, 0.3) is 0 Å². The Morgan fingerprint density at radius 2 is 2.10 bits per heavy atom. The molecular formula is C16H17NO4. The Labute approximate surface area is 122 Å². The molecule has 0 fully saturated rings. The second-order valence-electron chi connectivity index (χ2n) is 4.81. The number of aryl methyl sites for hydroxylation is 1. The molecule has 0 heterocycles. The fourth-order valence-corrected chi connectivity index (χ4v) is 2.27. The van der Waals surface area contributed by atoms with Crippen molar-refractivity contribution in [1.29, 1.82) is 0 Å². The van der Waals surface area contributed by atoms with E-state index in [2.05, 4.69) is 5.18 Å². The molecule has 0 spiro atoms. The second-order valence-corrected chi connectivity index (χ2v) is 4.81. The van der Waals surface area contributed by atoms with Crippen molar-refractivity contribution in [3.05, 3.63) is 52.2 Å². The predicted octanol–water partition coefficient (Wildman–Crippen LogP) is 3.76. The molecule has 1 aliphatic carbocycles. The minimum Gasteiger partial charge on any atom is -0.508 e. The Kier molecular flexibility index (Phi) is 4.87. The van der Waals surface area contributed by atoms with Crippen LogP contribution in [-0.2, 0) is 11.2 Å². The van der Waals surface area contributed by atoms with E-state index in [4.69, 9.17) is 4.74 Å². The zero-order valence-electron chi connectivity index (χ0n) is 11.8. The van der Waals surface area contributed by atoms with Gasteiger partial charge in [-0.3, -0.25) is 4.79 Å². The van der Waals surface area contributed by atoms with Gasteiger partial charge in [-0.2, -0.15) is 0 Å². The van der Waals surface area contributed by atoms with Crippen molar-refractivity contribution in [2.24, 2.45) is 5.18 Å². The predicted molar refractivity (Wildman–Crippen MR) is 79.8 cm³/mol. The molecule has 1 N–H and O–H groups in total. The summed E-state index contributed by atoms with van der Waals surface area (Å²) in [5.41, 5.74) is 1.45. The van der Waals surface area contributed by atoms with Crippen LogP contribution in [0.25, 0.3) is 0 Å². The fourth-order valence-electron chi connectivity index (χ4n) is 2.27. The summed E-state index contributed by atoms with van der Waals surface area (Å²) in [6, 6.07) is 5.07. The molecule has 0 saturated heterocycles.